The maximum Gasteiger partial charge on any atom is 0.114 e. The Morgan fingerprint density at radius 1 is 1.04 bits per heavy atom. The second-order valence-corrected chi connectivity index (χ2v) is 6.68. The molecule has 25 heavy (non-hydrogen) atoms. The van der Waals surface area contributed by atoms with Crippen molar-refractivity contribution in [1.29, 1.82) is 0 Å². The first-order valence-electron chi connectivity index (χ1n) is 8.84. The van der Waals surface area contributed by atoms with E-state index in [0.29, 0.717) is 5.92 Å². The van der Waals surface area contributed by atoms with Crippen LogP contribution in [0.5, 0.6) is 0 Å². The molecule has 1 atom stereocenters. The van der Waals surface area contributed by atoms with Crippen LogP contribution in [0.4, 0.5) is 0 Å². The molecule has 1 saturated heterocycles. The predicted octanol–water partition coefficient (Wildman–Crippen LogP) is 3.93. The first-order chi connectivity index (χ1) is 12.4. The van der Waals surface area contributed by atoms with Crippen LogP contribution in [-0.4, -0.2) is 33.0 Å². The molecule has 1 aromatic carbocycles. The molecule has 126 valence electrons. The molecule has 4 heterocycles. The van der Waals surface area contributed by atoms with Gasteiger partial charge in [-0.2, -0.15) is 5.10 Å². The van der Waals surface area contributed by atoms with Crippen LogP contribution in [-0.2, 0) is 4.74 Å². The van der Waals surface area contributed by atoms with E-state index in [2.05, 4.69) is 56.1 Å². The van der Waals surface area contributed by atoms with Gasteiger partial charge in [0.05, 0.1) is 23.3 Å². The molecule has 5 heteroatoms. The average molecular weight is 332 g/mol. The smallest absolute Gasteiger partial charge is 0.114 e. The van der Waals surface area contributed by atoms with Crippen LogP contribution in [0.1, 0.15) is 24.4 Å². The molecule has 0 amide bonds. The number of rotatable bonds is 3. The van der Waals surface area contributed by atoms with Gasteiger partial charge in [0.25, 0.3) is 0 Å². The summed E-state index contributed by atoms with van der Waals surface area (Å²) in [5.41, 5.74) is 5.62. The second-order valence-electron chi connectivity index (χ2n) is 6.68. The van der Waals surface area contributed by atoms with Crippen molar-refractivity contribution in [1.82, 2.24) is 19.7 Å². The van der Waals surface area contributed by atoms with E-state index in [1.165, 1.54) is 5.56 Å². The number of aromatic nitrogens is 4. The number of pyridine rings is 1. The Hall–Kier alpha value is -2.66. The van der Waals surface area contributed by atoms with E-state index in [9.17, 15) is 0 Å². The molecule has 1 fully saturated rings. The third kappa shape index (κ3) is 2.35. The van der Waals surface area contributed by atoms with Crippen molar-refractivity contribution in [3.63, 3.8) is 0 Å². The molecule has 4 aromatic rings. The number of hydrogen-bond acceptors (Lipinski definition) is 3. The van der Waals surface area contributed by atoms with Crippen LogP contribution in [0.3, 0.4) is 0 Å². The molecule has 1 aliphatic rings. The zero-order valence-electron chi connectivity index (χ0n) is 13.9. The molecule has 1 unspecified atom stereocenters. The van der Waals surface area contributed by atoms with Gasteiger partial charge in [0.15, 0.2) is 0 Å². The topological polar surface area (TPSA) is 55.7 Å². The minimum absolute atomic E-state index is 0.256. The van der Waals surface area contributed by atoms with Crippen molar-refractivity contribution < 1.29 is 4.74 Å². The van der Waals surface area contributed by atoms with Gasteiger partial charge < -0.3 is 9.30 Å². The average Bonchev–Trinajstić information content (AvgIpc) is 3.26. The molecule has 1 N–H and O–H groups in total. The lowest BCUT2D eigenvalue weighted by atomic mass is 9.86. The highest BCUT2D eigenvalue weighted by molar-refractivity contribution is 6.03. The van der Waals surface area contributed by atoms with Crippen molar-refractivity contribution in [2.24, 2.45) is 5.92 Å². The van der Waals surface area contributed by atoms with Crippen LogP contribution < -0.4 is 0 Å². The maximum absolute atomic E-state index is 5.62. The van der Waals surface area contributed by atoms with E-state index >= 15 is 0 Å². The highest BCUT2D eigenvalue weighted by Gasteiger charge is 2.30. The van der Waals surface area contributed by atoms with Gasteiger partial charge in [-0.1, -0.05) is 30.3 Å². The summed E-state index contributed by atoms with van der Waals surface area (Å²) in [5, 5.41) is 7.42. The van der Waals surface area contributed by atoms with Gasteiger partial charge in [0.2, 0.25) is 0 Å². The first-order valence-corrected chi connectivity index (χ1v) is 8.84. The fourth-order valence-corrected chi connectivity index (χ4v) is 4.16. The van der Waals surface area contributed by atoms with Crippen molar-refractivity contribution in [2.45, 2.75) is 18.9 Å². The summed E-state index contributed by atoms with van der Waals surface area (Å²) in [6.07, 6.45) is 5.91. The summed E-state index contributed by atoms with van der Waals surface area (Å²) in [6.45, 7) is 1.67. The predicted molar refractivity (Wildman–Crippen MR) is 97.5 cm³/mol. The Balaban J connectivity index is 1.78. The highest BCUT2D eigenvalue weighted by atomic mass is 16.5. The van der Waals surface area contributed by atoms with E-state index in [0.717, 1.165) is 48.1 Å². The van der Waals surface area contributed by atoms with E-state index in [-0.39, 0.29) is 6.04 Å². The Labute approximate surface area is 145 Å². The molecular formula is C20H20N4O. The van der Waals surface area contributed by atoms with Crippen LogP contribution in [0.2, 0.25) is 0 Å². The van der Waals surface area contributed by atoms with Gasteiger partial charge in [-0.15, -0.1) is 0 Å². The standard InChI is InChI=1S/C20H20N4O/c1-2-5-14(6-3-1)20(15-8-11-25-12-9-15)24-16-7-4-10-21-18(16)19-17(24)13-22-23-19/h1-7,10,13,15,20H,8-9,11-12H2,(H,22,23). The Morgan fingerprint density at radius 2 is 1.88 bits per heavy atom. The van der Waals surface area contributed by atoms with Gasteiger partial charge in [0, 0.05) is 19.4 Å². The highest BCUT2D eigenvalue weighted by Crippen LogP contribution is 2.39. The van der Waals surface area contributed by atoms with Gasteiger partial charge in [-0.25, -0.2) is 0 Å². The van der Waals surface area contributed by atoms with Crippen LogP contribution in [0, 0.1) is 5.92 Å². The summed E-state index contributed by atoms with van der Waals surface area (Å²) in [4.78, 5) is 4.61. The number of nitrogens with zero attached hydrogens (tertiary/aromatic N) is 3. The third-order valence-electron chi connectivity index (χ3n) is 5.29. The number of benzene rings is 1. The third-order valence-corrected chi connectivity index (χ3v) is 5.29. The summed E-state index contributed by atoms with van der Waals surface area (Å²) >= 11 is 0. The van der Waals surface area contributed by atoms with E-state index in [4.69, 9.17) is 4.74 Å². The quantitative estimate of drug-likeness (QED) is 0.618. The summed E-state index contributed by atoms with van der Waals surface area (Å²) in [5.74, 6) is 0.532. The van der Waals surface area contributed by atoms with Crippen molar-refractivity contribution in [3.05, 3.63) is 60.4 Å². The van der Waals surface area contributed by atoms with Gasteiger partial charge in [0.1, 0.15) is 11.0 Å². The minimum Gasteiger partial charge on any atom is -0.381 e. The van der Waals surface area contributed by atoms with Gasteiger partial charge >= 0.3 is 0 Å². The molecule has 0 spiro atoms. The molecule has 0 saturated carbocycles. The fraction of sp³-hybridized carbons (Fsp3) is 0.300. The zero-order valence-corrected chi connectivity index (χ0v) is 13.9. The lowest BCUT2D eigenvalue weighted by molar-refractivity contribution is 0.0553. The SMILES string of the molecule is c1ccc(C(C2CCOCC2)n2c3cccnc3c3[nH]ncc32)cc1. The largest absolute Gasteiger partial charge is 0.381 e. The molecule has 3 aromatic heterocycles. The van der Waals surface area contributed by atoms with E-state index < -0.39 is 0 Å². The van der Waals surface area contributed by atoms with Gasteiger partial charge in [-0.05, 0) is 36.5 Å². The number of aromatic amines is 1. The number of fused-ring (bicyclic) bond motifs is 3. The molecular weight excluding hydrogens is 312 g/mol. The Kier molecular flexibility index (Phi) is 3.52. The summed E-state index contributed by atoms with van der Waals surface area (Å²) in [6, 6.07) is 15.2. The van der Waals surface area contributed by atoms with Gasteiger partial charge in [-0.3, -0.25) is 10.1 Å². The molecule has 0 radical (unpaired) electrons. The monoisotopic (exact) mass is 332 g/mol. The number of H-pyrrole nitrogens is 1. The van der Waals surface area contributed by atoms with Crippen LogP contribution >= 0.6 is 0 Å². The summed E-state index contributed by atoms with van der Waals surface area (Å²) < 4.78 is 8.05. The van der Waals surface area contributed by atoms with E-state index in [1.807, 2.05) is 18.5 Å². The lowest BCUT2D eigenvalue weighted by Gasteiger charge is -2.32. The van der Waals surface area contributed by atoms with Crippen LogP contribution in [0.25, 0.3) is 22.1 Å². The fourth-order valence-electron chi connectivity index (χ4n) is 4.16. The molecule has 5 nitrogen and oxygen atoms in total. The van der Waals surface area contributed by atoms with Crippen LogP contribution in [0.15, 0.2) is 54.9 Å². The Morgan fingerprint density at radius 3 is 2.72 bits per heavy atom. The molecule has 0 bridgehead atoms. The molecule has 0 aliphatic carbocycles. The van der Waals surface area contributed by atoms with Crippen molar-refractivity contribution in [3.8, 4) is 0 Å². The summed E-state index contributed by atoms with van der Waals surface area (Å²) in [7, 11) is 0. The lowest BCUT2D eigenvalue weighted by Crippen LogP contribution is -2.26. The van der Waals surface area contributed by atoms with Crippen molar-refractivity contribution in [2.75, 3.05) is 13.2 Å². The molecule has 1 aliphatic heterocycles. The number of nitrogens with one attached hydrogen (secondary N) is 1. The molecule has 5 rings (SSSR count). The zero-order chi connectivity index (χ0) is 16.6. The minimum atomic E-state index is 0.256. The second kappa shape index (κ2) is 6.01. The number of hydrogen-bond donors (Lipinski definition) is 1. The maximum atomic E-state index is 5.62. The van der Waals surface area contributed by atoms with E-state index in [1.54, 1.807) is 0 Å². The first kappa shape index (κ1) is 14.7. The number of ether oxygens (including phenoxy) is 1. The normalized spacial score (nSPS) is 17.3. The van der Waals surface area contributed by atoms with Crippen molar-refractivity contribution >= 4 is 22.1 Å². The Bertz CT molecular complexity index is 998.